The average Bonchev–Trinajstić information content (AvgIpc) is 2.33. The number of carbonyl (C=O) groups is 2. The van der Waals surface area contributed by atoms with Crippen LogP contribution in [0.2, 0.25) is 0 Å². The lowest BCUT2D eigenvalue weighted by Crippen LogP contribution is -2.44. The molecular formula is C16H31NO3. The maximum Gasteiger partial charge on any atom is 0.308 e. The van der Waals surface area contributed by atoms with Crippen LogP contribution in [0, 0.1) is 11.8 Å². The number of carbonyl (C=O) groups excluding carboxylic acids is 2. The summed E-state index contributed by atoms with van der Waals surface area (Å²) in [6.07, 6.45) is 3.17. The van der Waals surface area contributed by atoms with E-state index in [9.17, 15) is 9.59 Å². The summed E-state index contributed by atoms with van der Waals surface area (Å²) < 4.78 is 5.20. The van der Waals surface area contributed by atoms with Gasteiger partial charge in [0.25, 0.3) is 0 Å². The van der Waals surface area contributed by atoms with Gasteiger partial charge in [0.2, 0.25) is 5.91 Å². The van der Waals surface area contributed by atoms with Crippen LogP contribution < -0.4 is 5.32 Å². The number of hydrogen-bond donors (Lipinski definition) is 1. The first-order valence-electron chi connectivity index (χ1n) is 7.69. The quantitative estimate of drug-likeness (QED) is 0.550. The van der Waals surface area contributed by atoms with Gasteiger partial charge in [-0.25, -0.2) is 0 Å². The number of esters is 1. The molecule has 0 fully saturated rings. The van der Waals surface area contributed by atoms with Crippen molar-refractivity contribution in [2.45, 2.75) is 72.8 Å². The highest BCUT2D eigenvalue weighted by atomic mass is 16.5. The fourth-order valence-electron chi connectivity index (χ4n) is 1.91. The van der Waals surface area contributed by atoms with E-state index in [1.54, 1.807) is 0 Å². The van der Waals surface area contributed by atoms with E-state index in [1.807, 2.05) is 34.6 Å². The van der Waals surface area contributed by atoms with Crippen LogP contribution in [0.25, 0.3) is 0 Å². The molecule has 0 aliphatic carbocycles. The van der Waals surface area contributed by atoms with E-state index in [0.29, 0.717) is 13.0 Å². The summed E-state index contributed by atoms with van der Waals surface area (Å²) in [7, 11) is 0. The van der Waals surface area contributed by atoms with Crippen LogP contribution in [0.5, 0.6) is 0 Å². The monoisotopic (exact) mass is 285 g/mol. The molecule has 0 aromatic carbocycles. The molecule has 1 amide bonds. The second kappa shape index (κ2) is 8.98. The molecule has 0 aromatic heterocycles. The highest BCUT2D eigenvalue weighted by Gasteiger charge is 2.26. The standard InChI is InChI=1S/C16H31NO3/c1-7-9-10-20-15(19)12(3)11-13(8-2)14(18)17-16(4,5)6/h12-13H,7-11H2,1-6H3,(H,17,18). The third-order valence-electron chi connectivity index (χ3n) is 3.14. The normalized spacial score (nSPS) is 14.5. The van der Waals surface area contributed by atoms with Crippen molar-refractivity contribution >= 4 is 11.9 Å². The van der Waals surface area contributed by atoms with Gasteiger partial charge in [-0.3, -0.25) is 9.59 Å². The molecule has 118 valence electrons. The van der Waals surface area contributed by atoms with Gasteiger partial charge in [0.05, 0.1) is 12.5 Å². The van der Waals surface area contributed by atoms with Crippen molar-refractivity contribution in [1.82, 2.24) is 5.32 Å². The SMILES string of the molecule is CCCCOC(=O)C(C)CC(CC)C(=O)NC(C)(C)C. The van der Waals surface area contributed by atoms with Crippen LogP contribution in [0.15, 0.2) is 0 Å². The molecule has 2 unspecified atom stereocenters. The molecule has 4 heteroatoms. The number of hydrogen-bond acceptors (Lipinski definition) is 3. The first kappa shape index (κ1) is 18.9. The van der Waals surface area contributed by atoms with Gasteiger partial charge >= 0.3 is 5.97 Å². The van der Waals surface area contributed by atoms with Gasteiger partial charge in [-0.15, -0.1) is 0 Å². The zero-order valence-corrected chi connectivity index (χ0v) is 13.9. The number of ether oxygens (including phenoxy) is 1. The highest BCUT2D eigenvalue weighted by Crippen LogP contribution is 2.18. The van der Waals surface area contributed by atoms with Crippen molar-refractivity contribution in [3.05, 3.63) is 0 Å². The summed E-state index contributed by atoms with van der Waals surface area (Å²) in [5.41, 5.74) is -0.241. The van der Waals surface area contributed by atoms with E-state index in [1.165, 1.54) is 0 Å². The molecule has 0 aromatic rings. The molecule has 2 atom stereocenters. The van der Waals surface area contributed by atoms with Crippen LogP contribution in [-0.4, -0.2) is 24.0 Å². The summed E-state index contributed by atoms with van der Waals surface area (Å²) in [4.78, 5) is 24.0. The Bertz CT molecular complexity index is 307. The van der Waals surface area contributed by atoms with E-state index in [0.717, 1.165) is 19.3 Å². The summed E-state index contributed by atoms with van der Waals surface area (Å²) in [6.45, 7) is 12.2. The van der Waals surface area contributed by atoms with Crippen LogP contribution >= 0.6 is 0 Å². The molecule has 0 radical (unpaired) electrons. The fraction of sp³-hybridized carbons (Fsp3) is 0.875. The van der Waals surface area contributed by atoms with E-state index in [2.05, 4.69) is 12.2 Å². The molecule has 0 saturated heterocycles. The van der Waals surface area contributed by atoms with Crippen molar-refractivity contribution in [3.8, 4) is 0 Å². The van der Waals surface area contributed by atoms with Crippen molar-refractivity contribution in [3.63, 3.8) is 0 Å². The van der Waals surface area contributed by atoms with Crippen molar-refractivity contribution in [2.24, 2.45) is 11.8 Å². The van der Waals surface area contributed by atoms with E-state index in [-0.39, 0.29) is 29.3 Å². The van der Waals surface area contributed by atoms with Gasteiger partial charge in [0.15, 0.2) is 0 Å². The third-order valence-corrected chi connectivity index (χ3v) is 3.14. The molecule has 1 N–H and O–H groups in total. The minimum Gasteiger partial charge on any atom is -0.465 e. The third kappa shape index (κ3) is 8.18. The molecular weight excluding hydrogens is 254 g/mol. The maximum atomic E-state index is 12.1. The Kier molecular flexibility index (Phi) is 8.51. The largest absolute Gasteiger partial charge is 0.465 e. The van der Waals surface area contributed by atoms with Gasteiger partial charge < -0.3 is 10.1 Å². The number of amides is 1. The van der Waals surface area contributed by atoms with Gasteiger partial charge in [-0.05, 0) is 40.0 Å². The molecule has 4 nitrogen and oxygen atoms in total. The zero-order chi connectivity index (χ0) is 15.8. The van der Waals surface area contributed by atoms with Crippen LogP contribution in [0.4, 0.5) is 0 Å². The molecule has 0 spiro atoms. The summed E-state index contributed by atoms with van der Waals surface area (Å²) >= 11 is 0. The van der Waals surface area contributed by atoms with E-state index < -0.39 is 0 Å². The van der Waals surface area contributed by atoms with E-state index in [4.69, 9.17) is 4.74 Å². The molecule has 0 saturated carbocycles. The number of nitrogens with one attached hydrogen (secondary N) is 1. The lowest BCUT2D eigenvalue weighted by Gasteiger charge is -2.25. The Morgan fingerprint density at radius 1 is 1.20 bits per heavy atom. The topological polar surface area (TPSA) is 55.4 Å². The molecule has 0 aliphatic rings. The second-order valence-electron chi connectivity index (χ2n) is 6.50. The van der Waals surface area contributed by atoms with Gasteiger partial charge in [0.1, 0.15) is 0 Å². The van der Waals surface area contributed by atoms with Crippen molar-refractivity contribution < 1.29 is 14.3 Å². The molecule has 0 heterocycles. The number of unbranched alkanes of at least 4 members (excludes halogenated alkanes) is 1. The predicted octanol–water partition coefficient (Wildman–Crippen LogP) is 3.30. The lowest BCUT2D eigenvalue weighted by atomic mass is 9.92. The lowest BCUT2D eigenvalue weighted by molar-refractivity contribution is -0.148. The minimum absolute atomic E-state index is 0.0215. The minimum atomic E-state index is -0.241. The summed E-state index contributed by atoms with van der Waals surface area (Å²) in [6, 6.07) is 0. The summed E-state index contributed by atoms with van der Waals surface area (Å²) in [5, 5.41) is 2.98. The first-order valence-corrected chi connectivity index (χ1v) is 7.69. The molecule has 20 heavy (non-hydrogen) atoms. The maximum absolute atomic E-state index is 12.1. The Hall–Kier alpha value is -1.06. The van der Waals surface area contributed by atoms with Crippen LogP contribution in [-0.2, 0) is 14.3 Å². The smallest absolute Gasteiger partial charge is 0.308 e. The fourth-order valence-corrected chi connectivity index (χ4v) is 1.91. The Balaban J connectivity index is 4.34. The molecule has 0 aliphatic heterocycles. The van der Waals surface area contributed by atoms with Crippen LogP contribution in [0.1, 0.15) is 67.2 Å². The Morgan fingerprint density at radius 2 is 1.80 bits per heavy atom. The average molecular weight is 285 g/mol. The zero-order valence-electron chi connectivity index (χ0n) is 13.9. The Morgan fingerprint density at radius 3 is 2.25 bits per heavy atom. The van der Waals surface area contributed by atoms with Gasteiger partial charge in [0, 0.05) is 11.5 Å². The second-order valence-corrected chi connectivity index (χ2v) is 6.50. The summed E-state index contributed by atoms with van der Waals surface area (Å²) in [5.74, 6) is -0.542. The van der Waals surface area contributed by atoms with E-state index >= 15 is 0 Å². The van der Waals surface area contributed by atoms with Crippen LogP contribution in [0.3, 0.4) is 0 Å². The number of rotatable bonds is 8. The van der Waals surface area contributed by atoms with Crippen molar-refractivity contribution in [1.29, 1.82) is 0 Å². The van der Waals surface area contributed by atoms with Gasteiger partial charge in [-0.2, -0.15) is 0 Å². The van der Waals surface area contributed by atoms with Gasteiger partial charge in [-0.1, -0.05) is 27.2 Å². The predicted molar refractivity (Wildman–Crippen MR) is 81.3 cm³/mol. The molecule has 0 rings (SSSR count). The molecule has 0 bridgehead atoms. The highest BCUT2D eigenvalue weighted by molar-refractivity contribution is 5.80. The Labute approximate surface area is 123 Å². The first-order chi connectivity index (χ1) is 9.21. The van der Waals surface area contributed by atoms with Crippen molar-refractivity contribution in [2.75, 3.05) is 6.61 Å².